The van der Waals surface area contributed by atoms with Crippen LogP contribution in [0.25, 0.3) is 0 Å². The molecule has 1 aliphatic rings. The lowest BCUT2D eigenvalue weighted by Crippen LogP contribution is -2.29. The highest BCUT2D eigenvalue weighted by Crippen LogP contribution is 2.21. The largest absolute Gasteiger partial charge is 0.303 e. The number of hydrogen-bond acceptors (Lipinski definition) is 1. The van der Waals surface area contributed by atoms with Crippen molar-refractivity contribution in [3.05, 3.63) is 35.4 Å². The van der Waals surface area contributed by atoms with Crippen molar-refractivity contribution >= 4 is 0 Å². The van der Waals surface area contributed by atoms with E-state index in [1.807, 2.05) is 6.92 Å². The highest BCUT2D eigenvalue weighted by atomic mass is 14.9. The molecule has 72 valence electrons. The van der Waals surface area contributed by atoms with Crippen LogP contribution in [0.4, 0.5) is 0 Å². The fraction of sp³-hybridized carbons (Fsp3) is 0.385. The van der Waals surface area contributed by atoms with Crippen LogP contribution in [0.15, 0.2) is 24.3 Å². The van der Waals surface area contributed by atoms with Crippen molar-refractivity contribution in [2.75, 3.05) is 6.54 Å². The number of hydrogen-bond donors (Lipinski definition) is 1. The zero-order chi connectivity index (χ0) is 9.80. The normalized spacial score (nSPS) is 14.6. The molecule has 0 heterocycles. The molecule has 1 heteroatoms. The van der Waals surface area contributed by atoms with Crippen LogP contribution in [0, 0.1) is 11.8 Å². The predicted molar refractivity (Wildman–Crippen MR) is 59.1 cm³/mol. The van der Waals surface area contributed by atoms with Gasteiger partial charge in [-0.15, -0.1) is 5.92 Å². The van der Waals surface area contributed by atoms with E-state index in [-0.39, 0.29) is 0 Å². The molecule has 0 radical (unpaired) electrons. The van der Waals surface area contributed by atoms with Gasteiger partial charge in [-0.1, -0.05) is 30.2 Å². The Labute approximate surface area is 85.5 Å². The van der Waals surface area contributed by atoms with Crippen LogP contribution >= 0.6 is 0 Å². The summed E-state index contributed by atoms with van der Waals surface area (Å²) in [6.07, 6.45) is 2.31. The molecule has 14 heavy (non-hydrogen) atoms. The van der Waals surface area contributed by atoms with E-state index in [1.165, 1.54) is 11.1 Å². The van der Waals surface area contributed by atoms with Crippen LogP contribution in [0.5, 0.6) is 0 Å². The molecule has 0 fully saturated rings. The van der Waals surface area contributed by atoms with Gasteiger partial charge in [0.25, 0.3) is 0 Å². The lowest BCUT2D eigenvalue weighted by molar-refractivity contribution is 0.571. The van der Waals surface area contributed by atoms with Crippen LogP contribution in [-0.2, 0) is 12.8 Å². The maximum Gasteiger partial charge on any atom is 0.0578 e. The summed E-state index contributed by atoms with van der Waals surface area (Å²) in [5, 5.41) is 3.46. The van der Waals surface area contributed by atoms with Crippen molar-refractivity contribution in [2.24, 2.45) is 0 Å². The average Bonchev–Trinajstić information content (AvgIpc) is 2.60. The summed E-state index contributed by atoms with van der Waals surface area (Å²) < 4.78 is 0. The summed E-state index contributed by atoms with van der Waals surface area (Å²) in [6.45, 7) is 2.69. The van der Waals surface area contributed by atoms with E-state index in [4.69, 9.17) is 0 Å². The zero-order valence-corrected chi connectivity index (χ0v) is 8.51. The first kappa shape index (κ1) is 9.30. The molecule has 0 aromatic heterocycles. The highest BCUT2D eigenvalue weighted by molar-refractivity contribution is 5.33. The number of nitrogens with one attached hydrogen (secondary N) is 1. The number of fused-ring (bicyclic) bond motifs is 1. The van der Waals surface area contributed by atoms with E-state index in [0.717, 1.165) is 19.4 Å². The van der Waals surface area contributed by atoms with Crippen LogP contribution in [0.3, 0.4) is 0 Å². The SMILES string of the molecule is CC#CCNC1Cc2ccccc2C1. The second-order valence-electron chi connectivity index (χ2n) is 3.68. The van der Waals surface area contributed by atoms with E-state index in [1.54, 1.807) is 0 Å². The Morgan fingerprint density at radius 2 is 1.93 bits per heavy atom. The van der Waals surface area contributed by atoms with E-state index >= 15 is 0 Å². The van der Waals surface area contributed by atoms with Gasteiger partial charge in [-0.3, -0.25) is 0 Å². The molecular formula is C13H15N. The minimum absolute atomic E-state index is 0.591. The monoisotopic (exact) mass is 185 g/mol. The summed E-state index contributed by atoms with van der Waals surface area (Å²) in [5.41, 5.74) is 2.99. The quantitative estimate of drug-likeness (QED) is 0.692. The third kappa shape index (κ3) is 1.97. The highest BCUT2D eigenvalue weighted by Gasteiger charge is 2.19. The Bertz CT molecular complexity index is 345. The lowest BCUT2D eigenvalue weighted by atomic mass is 10.1. The van der Waals surface area contributed by atoms with Gasteiger partial charge in [0.1, 0.15) is 0 Å². The summed E-state index contributed by atoms with van der Waals surface area (Å²) in [5.74, 6) is 5.94. The maximum absolute atomic E-state index is 3.46. The summed E-state index contributed by atoms with van der Waals surface area (Å²) in [4.78, 5) is 0. The maximum atomic E-state index is 3.46. The fourth-order valence-corrected chi connectivity index (χ4v) is 1.99. The van der Waals surface area contributed by atoms with Crippen molar-refractivity contribution in [1.82, 2.24) is 5.32 Å². The molecule has 0 spiro atoms. The van der Waals surface area contributed by atoms with Crippen molar-refractivity contribution in [3.8, 4) is 11.8 Å². The zero-order valence-electron chi connectivity index (χ0n) is 8.51. The Morgan fingerprint density at radius 1 is 1.29 bits per heavy atom. The summed E-state index contributed by atoms with van der Waals surface area (Å²) in [7, 11) is 0. The number of benzene rings is 1. The third-order valence-electron chi connectivity index (χ3n) is 2.71. The first-order chi connectivity index (χ1) is 6.90. The number of rotatable bonds is 2. The van der Waals surface area contributed by atoms with Gasteiger partial charge < -0.3 is 5.32 Å². The molecule has 1 N–H and O–H groups in total. The Hall–Kier alpha value is -1.26. The van der Waals surface area contributed by atoms with E-state index in [2.05, 4.69) is 41.4 Å². The van der Waals surface area contributed by atoms with Gasteiger partial charge in [-0.05, 0) is 30.9 Å². The topological polar surface area (TPSA) is 12.0 Å². The van der Waals surface area contributed by atoms with Gasteiger partial charge in [0.2, 0.25) is 0 Å². The molecule has 0 aliphatic heterocycles. The van der Waals surface area contributed by atoms with E-state index in [0.29, 0.717) is 6.04 Å². The smallest absolute Gasteiger partial charge is 0.0578 e. The first-order valence-electron chi connectivity index (χ1n) is 5.10. The lowest BCUT2D eigenvalue weighted by Gasteiger charge is -2.07. The Kier molecular flexibility index (Phi) is 2.86. The first-order valence-corrected chi connectivity index (χ1v) is 5.10. The minimum Gasteiger partial charge on any atom is -0.303 e. The molecule has 0 saturated heterocycles. The molecule has 1 aliphatic carbocycles. The predicted octanol–water partition coefficient (Wildman–Crippen LogP) is 1.77. The van der Waals surface area contributed by atoms with Crippen LogP contribution in [0.2, 0.25) is 0 Å². The fourth-order valence-electron chi connectivity index (χ4n) is 1.99. The molecular weight excluding hydrogens is 170 g/mol. The third-order valence-corrected chi connectivity index (χ3v) is 2.71. The molecule has 0 saturated carbocycles. The second-order valence-corrected chi connectivity index (χ2v) is 3.68. The van der Waals surface area contributed by atoms with Gasteiger partial charge in [0.05, 0.1) is 6.54 Å². The molecule has 0 bridgehead atoms. The van der Waals surface area contributed by atoms with Crippen molar-refractivity contribution in [3.63, 3.8) is 0 Å². The molecule has 0 amide bonds. The van der Waals surface area contributed by atoms with Crippen LogP contribution in [-0.4, -0.2) is 12.6 Å². The standard InChI is InChI=1S/C13H15N/c1-2-3-8-14-13-9-11-6-4-5-7-12(11)10-13/h4-7,13-14H,8-10H2,1H3. The summed E-state index contributed by atoms with van der Waals surface area (Å²) >= 11 is 0. The van der Waals surface area contributed by atoms with Crippen molar-refractivity contribution < 1.29 is 0 Å². The van der Waals surface area contributed by atoms with Crippen molar-refractivity contribution in [1.29, 1.82) is 0 Å². The Morgan fingerprint density at radius 3 is 2.50 bits per heavy atom. The van der Waals surface area contributed by atoms with Crippen molar-refractivity contribution in [2.45, 2.75) is 25.8 Å². The van der Waals surface area contributed by atoms with E-state index < -0.39 is 0 Å². The van der Waals surface area contributed by atoms with Gasteiger partial charge in [0.15, 0.2) is 0 Å². The summed E-state index contributed by atoms with van der Waals surface area (Å²) in [6, 6.07) is 9.28. The molecule has 1 nitrogen and oxygen atoms in total. The molecule has 1 aromatic carbocycles. The van der Waals surface area contributed by atoms with Gasteiger partial charge in [0, 0.05) is 6.04 Å². The van der Waals surface area contributed by atoms with Gasteiger partial charge in [-0.25, -0.2) is 0 Å². The van der Waals surface area contributed by atoms with Crippen LogP contribution < -0.4 is 5.32 Å². The molecule has 2 rings (SSSR count). The van der Waals surface area contributed by atoms with Gasteiger partial charge >= 0.3 is 0 Å². The second kappa shape index (κ2) is 4.30. The molecule has 0 atom stereocenters. The molecule has 0 unspecified atom stereocenters. The minimum atomic E-state index is 0.591. The Balaban J connectivity index is 1.94. The average molecular weight is 185 g/mol. The van der Waals surface area contributed by atoms with Crippen LogP contribution in [0.1, 0.15) is 18.1 Å². The van der Waals surface area contributed by atoms with E-state index in [9.17, 15) is 0 Å². The molecule has 1 aromatic rings. The van der Waals surface area contributed by atoms with Gasteiger partial charge in [-0.2, -0.15) is 0 Å².